The number of fused-ring (bicyclic) bond motifs is 1. The molecule has 126 valence electrons. The van der Waals surface area contributed by atoms with E-state index in [1.165, 1.54) is 4.90 Å². The Kier molecular flexibility index (Phi) is 6.72. The maximum Gasteiger partial charge on any atom is 0.320 e. The SMILES string of the molecule is CC(C(=O)O)N(C)CCCCN1C(=O)c2ccccc2C1=O.Cl. The van der Waals surface area contributed by atoms with Gasteiger partial charge >= 0.3 is 5.97 Å². The minimum atomic E-state index is -0.858. The minimum absolute atomic E-state index is 0. The van der Waals surface area contributed by atoms with E-state index in [9.17, 15) is 14.4 Å². The highest BCUT2D eigenvalue weighted by Crippen LogP contribution is 2.22. The van der Waals surface area contributed by atoms with E-state index in [2.05, 4.69) is 0 Å². The number of imide groups is 1. The summed E-state index contributed by atoms with van der Waals surface area (Å²) in [6.45, 7) is 2.60. The topological polar surface area (TPSA) is 77.9 Å². The molecule has 1 atom stereocenters. The number of carboxylic acid groups (broad SMARTS) is 1. The Labute approximate surface area is 141 Å². The molecule has 6 nitrogen and oxygen atoms in total. The van der Waals surface area contributed by atoms with Crippen LogP contribution in [0.5, 0.6) is 0 Å². The molecule has 7 heteroatoms. The Morgan fingerprint density at radius 3 is 2.17 bits per heavy atom. The summed E-state index contributed by atoms with van der Waals surface area (Å²) in [5.74, 6) is -1.34. The van der Waals surface area contributed by atoms with E-state index < -0.39 is 12.0 Å². The van der Waals surface area contributed by atoms with Crippen LogP contribution in [0.2, 0.25) is 0 Å². The number of carbonyl (C=O) groups excluding carboxylic acids is 2. The van der Waals surface area contributed by atoms with Crippen LogP contribution in [0.4, 0.5) is 0 Å². The fourth-order valence-electron chi connectivity index (χ4n) is 2.46. The standard InChI is InChI=1S/C16H20N2O4.ClH/c1-11(16(21)22)17(2)9-5-6-10-18-14(19)12-7-3-4-8-13(12)15(18)20;/h3-4,7-8,11H,5-6,9-10H2,1-2H3,(H,21,22);1H. The van der Waals surface area contributed by atoms with Crippen LogP contribution >= 0.6 is 12.4 Å². The minimum Gasteiger partial charge on any atom is -0.480 e. The molecule has 0 aliphatic carbocycles. The lowest BCUT2D eigenvalue weighted by molar-refractivity contribution is -0.142. The number of carbonyl (C=O) groups is 3. The number of unbranched alkanes of at least 4 members (excludes halogenated alkanes) is 1. The van der Waals surface area contributed by atoms with Crippen LogP contribution in [0.3, 0.4) is 0 Å². The molecule has 1 heterocycles. The second-order valence-corrected chi connectivity index (χ2v) is 5.51. The van der Waals surface area contributed by atoms with Crippen molar-refractivity contribution in [2.75, 3.05) is 20.1 Å². The molecule has 0 saturated heterocycles. The van der Waals surface area contributed by atoms with Crippen molar-refractivity contribution in [3.8, 4) is 0 Å². The summed E-state index contributed by atoms with van der Waals surface area (Å²) in [7, 11) is 1.75. The summed E-state index contributed by atoms with van der Waals surface area (Å²) in [6.07, 6.45) is 1.38. The van der Waals surface area contributed by atoms with Crippen molar-refractivity contribution in [1.29, 1.82) is 0 Å². The fraction of sp³-hybridized carbons (Fsp3) is 0.438. The van der Waals surface area contributed by atoms with Gasteiger partial charge in [-0.1, -0.05) is 12.1 Å². The number of benzene rings is 1. The molecule has 0 bridgehead atoms. The van der Waals surface area contributed by atoms with Crippen molar-refractivity contribution in [2.24, 2.45) is 0 Å². The quantitative estimate of drug-likeness (QED) is 0.606. The van der Waals surface area contributed by atoms with Gasteiger partial charge in [-0.15, -0.1) is 12.4 Å². The predicted octanol–water partition coefficient (Wildman–Crippen LogP) is 1.89. The molecule has 0 spiro atoms. The maximum atomic E-state index is 12.1. The van der Waals surface area contributed by atoms with Crippen LogP contribution in [0.1, 0.15) is 40.5 Å². The van der Waals surface area contributed by atoms with Gasteiger partial charge < -0.3 is 5.11 Å². The van der Waals surface area contributed by atoms with Crippen molar-refractivity contribution < 1.29 is 19.5 Å². The Morgan fingerprint density at radius 1 is 1.17 bits per heavy atom. The lowest BCUT2D eigenvalue weighted by Gasteiger charge is -2.21. The Morgan fingerprint density at radius 2 is 1.70 bits per heavy atom. The number of halogens is 1. The third-order valence-electron chi connectivity index (χ3n) is 4.04. The van der Waals surface area contributed by atoms with Crippen molar-refractivity contribution in [3.63, 3.8) is 0 Å². The number of amides is 2. The highest BCUT2D eigenvalue weighted by atomic mass is 35.5. The Hall–Kier alpha value is -1.92. The Balaban J connectivity index is 0.00000264. The third kappa shape index (κ3) is 4.09. The first-order valence-electron chi connectivity index (χ1n) is 7.31. The van der Waals surface area contributed by atoms with Crippen molar-refractivity contribution in [1.82, 2.24) is 9.80 Å². The zero-order valence-corrected chi connectivity index (χ0v) is 14.0. The van der Waals surface area contributed by atoms with Crippen molar-refractivity contribution in [3.05, 3.63) is 35.4 Å². The van der Waals surface area contributed by atoms with Crippen LogP contribution in [-0.2, 0) is 4.79 Å². The number of hydrogen-bond donors (Lipinski definition) is 1. The van der Waals surface area contributed by atoms with E-state index in [1.54, 1.807) is 43.1 Å². The van der Waals surface area contributed by atoms with Gasteiger partial charge in [0.15, 0.2) is 0 Å². The van der Waals surface area contributed by atoms with E-state index in [-0.39, 0.29) is 24.2 Å². The van der Waals surface area contributed by atoms with Gasteiger partial charge in [-0.25, -0.2) is 0 Å². The van der Waals surface area contributed by atoms with Crippen molar-refractivity contribution >= 4 is 30.2 Å². The summed E-state index contributed by atoms with van der Waals surface area (Å²) < 4.78 is 0. The monoisotopic (exact) mass is 340 g/mol. The predicted molar refractivity (Wildman–Crippen MR) is 88.0 cm³/mol. The number of aliphatic carboxylic acids is 1. The molecular formula is C16H21ClN2O4. The molecule has 2 amide bonds. The average molecular weight is 341 g/mol. The molecule has 1 aliphatic rings. The molecule has 1 aromatic carbocycles. The zero-order chi connectivity index (χ0) is 16.3. The van der Waals surface area contributed by atoms with Gasteiger partial charge in [0.25, 0.3) is 11.8 Å². The van der Waals surface area contributed by atoms with Crippen LogP contribution in [-0.4, -0.2) is 58.9 Å². The molecule has 1 aromatic rings. The van der Waals surface area contributed by atoms with Gasteiger partial charge in [0.2, 0.25) is 0 Å². The van der Waals surface area contributed by atoms with E-state index in [0.717, 1.165) is 6.42 Å². The molecule has 1 aliphatic heterocycles. The van der Waals surface area contributed by atoms with Crippen LogP contribution < -0.4 is 0 Å². The summed E-state index contributed by atoms with van der Waals surface area (Å²) in [4.78, 5) is 38.2. The van der Waals surface area contributed by atoms with E-state index in [1.807, 2.05) is 0 Å². The summed E-state index contributed by atoms with van der Waals surface area (Å²) in [5, 5.41) is 8.91. The molecule has 1 N–H and O–H groups in total. The maximum absolute atomic E-state index is 12.1. The summed E-state index contributed by atoms with van der Waals surface area (Å²) in [5.41, 5.74) is 0.924. The molecular weight excluding hydrogens is 320 g/mol. The van der Waals surface area contributed by atoms with Crippen LogP contribution in [0, 0.1) is 0 Å². The van der Waals surface area contributed by atoms with Crippen LogP contribution in [0.25, 0.3) is 0 Å². The molecule has 23 heavy (non-hydrogen) atoms. The van der Waals surface area contributed by atoms with Gasteiger partial charge in [0.1, 0.15) is 6.04 Å². The lowest BCUT2D eigenvalue weighted by atomic mass is 10.1. The second kappa shape index (κ2) is 8.08. The van der Waals surface area contributed by atoms with Gasteiger partial charge in [0.05, 0.1) is 11.1 Å². The van der Waals surface area contributed by atoms with Gasteiger partial charge in [-0.3, -0.25) is 24.2 Å². The van der Waals surface area contributed by atoms with E-state index in [4.69, 9.17) is 5.11 Å². The van der Waals surface area contributed by atoms with Gasteiger partial charge in [-0.2, -0.15) is 0 Å². The van der Waals surface area contributed by atoms with Gasteiger partial charge in [0, 0.05) is 6.54 Å². The highest BCUT2D eigenvalue weighted by Gasteiger charge is 2.34. The van der Waals surface area contributed by atoms with Crippen LogP contribution in [0.15, 0.2) is 24.3 Å². The molecule has 0 saturated carbocycles. The first-order valence-corrected chi connectivity index (χ1v) is 7.31. The number of nitrogens with zero attached hydrogens (tertiary/aromatic N) is 2. The second-order valence-electron chi connectivity index (χ2n) is 5.51. The molecule has 2 rings (SSSR count). The van der Waals surface area contributed by atoms with Gasteiger partial charge in [-0.05, 0) is 45.5 Å². The first-order chi connectivity index (χ1) is 10.4. The number of hydrogen-bond acceptors (Lipinski definition) is 4. The largest absolute Gasteiger partial charge is 0.480 e. The summed E-state index contributed by atoms with van der Waals surface area (Å²) >= 11 is 0. The average Bonchev–Trinajstić information content (AvgIpc) is 2.75. The first kappa shape index (κ1) is 19.1. The van der Waals surface area contributed by atoms with E-state index in [0.29, 0.717) is 30.6 Å². The molecule has 0 radical (unpaired) electrons. The number of rotatable bonds is 7. The highest BCUT2D eigenvalue weighted by molar-refractivity contribution is 6.21. The number of carboxylic acids is 1. The Bertz CT molecular complexity index is 570. The third-order valence-corrected chi connectivity index (χ3v) is 4.04. The molecule has 1 unspecified atom stereocenters. The zero-order valence-electron chi connectivity index (χ0n) is 13.2. The molecule has 0 fully saturated rings. The number of likely N-dealkylation sites (N-methyl/N-ethyl adjacent to an activating group) is 1. The fourth-order valence-corrected chi connectivity index (χ4v) is 2.46. The summed E-state index contributed by atoms with van der Waals surface area (Å²) in [6, 6.07) is 6.28. The lowest BCUT2D eigenvalue weighted by Crippen LogP contribution is -2.37. The van der Waals surface area contributed by atoms with E-state index >= 15 is 0 Å². The normalized spacial score (nSPS) is 14.7. The van der Waals surface area contributed by atoms with Crippen molar-refractivity contribution in [2.45, 2.75) is 25.8 Å². The molecule has 0 aromatic heterocycles. The smallest absolute Gasteiger partial charge is 0.320 e.